The molecule has 2 N–H and O–H groups in total. The summed E-state index contributed by atoms with van der Waals surface area (Å²) in [4.78, 5) is 39.4. The first-order valence-electron chi connectivity index (χ1n) is 11.8. The van der Waals surface area contributed by atoms with Gasteiger partial charge in [-0.1, -0.05) is 67.8 Å². The molecule has 7 nitrogen and oxygen atoms in total. The van der Waals surface area contributed by atoms with Crippen molar-refractivity contribution >= 4 is 18.0 Å². The zero-order valence-corrected chi connectivity index (χ0v) is 20.0. The lowest BCUT2D eigenvalue weighted by Crippen LogP contribution is -2.64. The Morgan fingerprint density at radius 3 is 2.06 bits per heavy atom. The molecule has 0 heterocycles. The van der Waals surface area contributed by atoms with Gasteiger partial charge in [0.2, 0.25) is 5.91 Å². The molecule has 34 heavy (non-hydrogen) atoms. The van der Waals surface area contributed by atoms with Crippen LogP contribution in [0.2, 0.25) is 0 Å². The molecule has 1 fully saturated rings. The number of carbonyl (C=O) groups is 3. The molecule has 2 aromatic carbocycles. The van der Waals surface area contributed by atoms with Gasteiger partial charge in [-0.2, -0.15) is 0 Å². The van der Waals surface area contributed by atoms with Crippen LogP contribution < -0.4 is 5.32 Å². The van der Waals surface area contributed by atoms with Crippen molar-refractivity contribution in [2.45, 2.75) is 62.9 Å². The highest BCUT2D eigenvalue weighted by atomic mass is 16.5. The molecule has 2 aromatic rings. The van der Waals surface area contributed by atoms with Gasteiger partial charge in [-0.15, -0.1) is 0 Å². The number of alkyl carbamates (subject to hydrolysis) is 1. The smallest absolute Gasteiger partial charge is 0.408 e. The molecule has 0 aromatic heterocycles. The highest BCUT2D eigenvalue weighted by molar-refractivity contribution is 5.93. The zero-order valence-electron chi connectivity index (χ0n) is 20.0. The molecule has 0 spiro atoms. The summed E-state index contributed by atoms with van der Waals surface area (Å²) in [5.74, 6) is -1.54. The molecule has 4 rings (SSSR count). The maximum Gasteiger partial charge on any atom is 0.408 e. The average molecular weight is 465 g/mol. The highest BCUT2D eigenvalue weighted by Gasteiger charge is 2.48. The molecule has 0 saturated heterocycles. The van der Waals surface area contributed by atoms with E-state index in [-0.39, 0.29) is 12.5 Å². The van der Waals surface area contributed by atoms with E-state index >= 15 is 0 Å². The lowest BCUT2D eigenvalue weighted by atomic mass is 9.79. The number of hydrogen-bond acceptors (Lipinski definition) is 4. The van der Waals surface area contributed by atoms with Crippen LogP contribution in [-0.4, -0.2) is 52.7 Å². The lowest BCUT2D eigenvalue weighted by molar-refractivity contribution is -0.162. The average Bonchev–Trinajstić information content (AvgIpc) is 3.15. The second kappa shape index (κ2) is 9.12. The number of amides is 2. The van der Waals surface area contributed by atoms with Crippen molar-refractivity contribution in [3.63, 3.8) is 0 Å². The minimum absolute atomic E-state index is 0.0860. The van der Waals surface area contributed by atoms with E-state index in [1.807, 2.05) is 36.4 Å². The van der Waals surface area contributed by atoms with Crippen LogP contribution in [0.1, 0.15) is 63.0 Å². The van der Waals surface area contributed by atoms with Gasteiger partial charge in [-0.05, 0) is 48.9 Å². The first kappa shape index (κ1) is 23.8. The van der Waals surface area contributed by atoms with E-state index in [1.165, 1.54) is 11.9 Å². The molecule has 0 atom stereocenters. The van der Waals surface area contributed by atoms with Gasteiger partial charge in [0, 0.05) is 13.0 Å². The van der Waals surface area contributed by atoms with Crippen LogP contribution in [0.5, 0.6) is 0 Å². The Kier molecular flexibility index (Phi) is 6.39. The van der Waals surface area contributed by atoms with Gasteiger partial charge in [-0.25, -0.2) is 9.59 Å². The zero-order chi connectivity index (χ0) is 24.5. The van der Waals surface area contributed by atoms with Gasteiger partial charge in [0.15, 0.2) is 0 Å². The maximum absolute atomic E-state index is 13.3. The minimum Gasteiger partial charge on any atom is -0.479 e. The van der Waals surface area contributed by atoms with Crippen LogP contribution >= 0.6 is 0 Å². The van der Waals surface area contributed by atoms with Gasteiger partial charge in [0.25, 0.3) is 0 Å². The number of nitrogens with one attached hydrogen (secondary N) is 1. The van der Waals surface area contributed by atoms with Crippen LogP contribution in [-0.2, 0) is 14.3 Å². The number of benzene rings is 2. The van der Waals surface area contributed by atoms with Crippen molar-refractivity contribution in [3.8, 4) is 11.1 Å². The van der Waals surface area contributed by atoms with E-state index in [4.69, 9.17) is 4.74 Å². The van der Waals surface area contributed by atoms with Crippen molar-refractivity contribution in [3.05, 3.63) is 59.7 Å². The van der Waals surface area contributed by atoms with Crippen molar-refractivity contribution in [1.29, 1.82) is 0 Å². The van der Waals surface area contributed by atoms with E-state index in [0.717, 1.165) is 41.5 Å². The third-order valence-electron chi connectivity index (χ3n) is 7.32. The van der Waals surface area contributed by atoms with Gasteiger partial charge >= 0.3 is 12.1 Å². The number of carboxylic acid groups (broad SMARTS) is 1. The quantitative estimate of drug-likeness (QED) is 0.654. The van der Waals surface area contributed by atoms with E-state index in [2.05, 4.69) is 17.4 Å². The predicted molar refractivity (Wildman–Crippen MR) is 129 cm³/mol. The summed E-state index contributed by atoms with van der Waals surface area (Å²) < 4.78 is 5.59. The van der Waals surface area contributed by atoms with Crippen LogP contribution in [0.3, 0.4) is 0 Å². The molecule has 0 unspecified atom stereocenters. The topological polar surface area (TPSA) is 95.9 Å². The largest absolute Gasteiger partial charge is 0.479 e. The second-order valence-corrected chi connectivity index (χ2v) is 9.84. The van der Waals surface area contributed by atoms with Crippen LogP contribution in [0, 0.1) is 0 Å². The fourth-order valence-electron chi connectivity index (χ4n) is 5.39. The second-order valence-electron chi connectivity index (χ2n) is 9.84. The van der Waals surface area contributed by atoms with Crippen molar-refractivity contribution in [2.24, 2.45) is 0 Å². The molecule has 2 amide bonds. The van der Waals surface area contributed by atoms with Gasteiger partial charge in [0.1, 0.15) is 17.7 Å². The van der Waals surface area contributed by atoms with Gasteiger partial charge in [-0.3, -0.25) is 4.79 Å². The number of carboxylic acids is 1. The summed E-state index contributed by atoms with van der Waals surface area (Å²) in [5, 5.41) is 12.6. The van der Waals surface area contributed by atoms with E-state index in [1.54, 1.807) is 13.8 Å². The number of aliphatic carboxylic acids is 1. The third-order valence-corrected chi connectivity index (χ3v) is 7.32. The highest BCUT2D eigenvalue weighted by Crippen LogP contribution is 2.44. The predicted octanol–water partition coefficient (Wildman–Crippen LogP) is 4.55. The summed E-state index contributed by atoms with van der Waals surface area (Å²) >= 11 is 0. The summed E-state index contributed by atoms with van der Waals surface area (Å²) in [6, 6.07) is 16.1. The Balaban J connectivity index is 1.44. The number of carbonyl (C=O) groups excluding carboxylic acids is 2. The molecular weight excluding hydrogens is 432 g/mol. The molecular formula is C27H32N2O5. The molecule has 1 saturated carbocycles. The van der Waals surface area contributed by atoms with E-state index < -0.39 is 29.0 Å². The van der Waals surface area contributed by atoms with E-state index in [9.17, 15) is 19.5 Å². The standard InChI is InChI=1S/C27H32N2O5/c1-26(2,23(30)29(3)27(24(31)32)15-9-4-10-16-27)28-25(33)34-17-22-20-13-7-5-11-18(20)19-12-6-8-14-21(19)22/h5-8,11-14,22H,4,9-10,15-17H2,1-3H3,(H,28,33)(H,31,32). The van der Waals surface area contributed by atoms with Crippen LogP contribution in [0.25, 0.3) is 11.1 Å². The van der Waals surface area contributed by atoms with Gasteiger partial charge < -0.3 is 20.1 Å². The van der Waals surface area contributed by atoms with Gasteiger partial charge in [0.05, 0.1) is 0 Å². The van der Waals surface area contributed by atoms with Crippen molar-refractivity contribution in [2.75, 3.05) is 13.7 Å². The molecule has 180 valence electrons. The molecule has 0 aliphatic heterocycles. The Hall–Kier alpha value is -3.35. The normalized spacial score (nSPS) is 16.8. The maximum atomic E-state index is 13.3. The molecule has 7 heteroatoms. The fourth-order valence-corrected chi connectivity index (χ4v) is 5.39. The first-order chi connectivity index (χ1) is 16.2. The third kappa shape index (κ3) is 4.15. The number of rotatable bonds is 6. The van der Waals surface area contributed by atoms with Crippen LogP contribution in [0.4, 0.5) is 4.79 Å². The number of ether oxygens (including phenoxy) is 1. The first-order valence-corrected chi connectivity index (χ1v) is 11.8. The van der Waals surface area contributed by atoms with Crippen LogP contribution in [0.15, 0.2) is 48.5 Å². The van der Waals surface area contributed by atoms with Crippen molar-refractivity contribution in [1.82, 2.24) is 10.2 Å². The number of hydrogen-bond donors (Lipinski definition) is 2. The number of likely N-dealkylation sites (N-methyl/N-ethyl adjacent to an activating group) is 1. The SMILES string of the molecule is CN(C(=O)C(C)(C)NC(=O)OCC1c2ccccc2-c2ccccc21)C1(C(=O)O)CCCCC1. The van der Waals surface area contributed by atoms with E-state index in [0.29, 0.717) is 12.8 Å². The Morgan fingerprint density at radius 2 is 1.53 bits per heavy atom. The number of nitrogens with zero attached hydrogens (tertiary/aromatic N) is 1. The Bertz CT molecular complexity index is 1060. The summed E-state index contributed by atoms with van der Waals surface area (Å²) in [6.07, 6.45) is 2.57. The monoisotopic (exact) mass is 464 g/mol. The number of fused-ring (bicyclic) bond motifs is 3. The minimum atomic E-state index is -1.32. The molecule has 2 aliphatic carbocycles. The van der Waals surface area contributed by atoms with Crippen molar-refractivity contribution < 1.29 is 24.2 Å². The Labute approximate surface area is 200 Å². The fraction of sp³-hybridized carbons (Fsp3) is 0.444. The molecule has 2 aliphatic rings. The summed E-state index contributed by atoms with van der Waals surface area (Å²) in [6.45, 7) is 3.29. The summed E-state index contributed by atoms with van der Waals surface area (Å²) in [7, 11) is 1.52. The molecule has 0 bridgehead atoms. The lowest BCUT2D eigenvalue weighted by Gasteiger charge is -2.43. The summed E-state index contributed by atoms with van der Waals surface area (Å²) in [5.41, 5.74) is 1.91. The Morgan fingerprint density at radius 1 is 1.00 bits per heavy atom. The molecule has 0 radical (unpaired) electrons.